The molecule has 36 heavy (non-hydrogen) atoms. The maximum atomic E-state index is 14.0. The number of nitrogens with zero attached hydrogens (tertiary/aromatic N) is 3. The van der Waals surface area contributed by atoms with Gasteiger partial charge in [0.2, 0.25) is 15.9 Å². The highest BCUT2D eigenvalue weighted by Crippen LogP contribution is 2.40. The molecule has 0 saturated carbocycles. The first kappa shape index (κ1) is 25.3. The molecular formula is C24H25ClFN3O5S2. The Hall–Kier alpha value is -2.31. The summed E-state index contributed by atoms with van der Waals surface area (Å²) >= 11 is 7.67. The number of fused-ring (bicyclic) bond motifs is 1. The number of carbonyl (C=O) groups is 1. The van der Waals surface area contributed by atoms with Gasteiger partial charge in [0.25, 0.3) is 0 Å². The molecule has 2 aliphatic heterocycles. The molecule has 1 amide bonds. The van der Waals surface area contributed by atoms with Gasteiger partial charge in [-0.2, -0.15) is 4.31 Å². The minimum atomic E-state index is -4.00. The lowest BCUT2D eigenvalue weighted by Crippen LogP contribution is -2.49. The topological polar surface area (TPSA) is 89.0 Å². The van der Waals surface area contributed by atoms with Crippen molar-refractivity contribution in [1.82, 2.24) is 9.29 Å². The van der Waals surface area contributed by atoms with Crippen LogP contribution in [-0.2, 0) is 19.6 Å². The van der Waals surface area contributed by atoms with E-state index in [2.05, 4.69) is 4.98 Å². The van der Waals surface area contributed by atoms with Crippen molar-refractivity contribution in [2.45, 2.75) is 42.7 Å². The van der Waals surface area contributed by atoms with E-state index in [-0.39, 0.29) is 30.0 Å². The summed E-state index contributed by atoms with van der Waals surface area (Å²) in [5.74, 6) is -0.374. The summed E-state index contributed by atoms with van der Waals surface area (Å²) in [6.45, 7) is 1.06. The van der Waals surface area contributed by atoms with Crippen molar-refractivity contribution in [1.29, 1.82) is 0 Å². The number of thiazole rings is 1. The molecule has 0 aliphatic carbocycles. The van der Waals surface area contributed by atoms with Crippen LogP contribution in [0.1, 0.15) is 25.7 Å². The average molecular weight is 554 g/mol. The standard InChI is InChI=1S/C24H25ClFN3O5S2/c1-33-20-11-10-18(25)22-21(20)27-24(35-22)28(14-16-4-3-13-34-16)23(30)19-5-2-12-29(19)36(31,32)17-8-6-15(26)7-9-17/h6-11,16,19H,2-5,12-14H2,1H3. The normalized spacial score (nSPS) is 20.8. The van der Waals surface area contributed by atoms with E-state index in [0.29, 0.717) is 45.6 Å². The Balaban J connectivity index is 1.52. The highest BCUT2D eigenvalue weighted by Gasteiger charge is 2.42. The average Bonchev–Trinajstić information content (AvgIpc) is 3.64. The lowest BCUT2D eigenvalue weighted by molar-refractivity contribution is -0.122. The van der Waals surface area contributed by atoms with Crippen molar-refractivity contribution >= 4 is 54.2 Å². The van der Waals surface area contributed by atoms with Crippen molar-refractivity contribution in [3.05, 3.63) is 47.2 Å². The minimum absolute atomic E-state index is 0.0502. The zero-order chi connectivity index (χ0) is 25.4. The number of sulfonamides is 1. The fourth-order valence-corrected chi connectivity index (χ4v) is 7.59. The number of benzene rings is 2. The van der Waals surface area contributed by atoms with Gasteiger partial charge < -0.3 is 9.47 Å². The number of amides is 1. The summed E-state index contributed by atoms with van der Waals surface area (Å²) in [7, 11) is -2.47. The van der Waals surface area contributed by atoms with Crippen molar-refractivity contribution in [3.8, 4) is 5.75 Å². The van der Waals surface area contributed by atoms with Gasteiger partial charge in [-0.25, -0.2) is 17.8 Å². The van der Waals surface area contributed by atoms with Gasteiger partial charge in [0, 0.05) is 13.2 Å². The summed E-state index contributed by atoms with van der Waals surface area (Å²) in [5, 5.41) is 0.892. The van der Waals surface area contributed by atoms with Crippen LogP contribution < -0.4 is 9.64 Å². The quantitative estimate of drug-likeness (QED) is 0.429. The molecule has 1 aromatic heterocycles. The van der Waals surface area contributed by atoms with Gasteiger partial charge >= 0.3 is 0 Å². The van der Waals surface area contributed by atoms with Crippen LogP contribution in [0.3, 0.4) is 0 Å². The Kier molecular flexibility index (Phi) is 7.19. The Bertz CT molecular complexity index is 1380. The van der Waals surface area contributed by atoms with Crippen LogP contribution in [0.5, 0.6) is 5.75 Å². The van der Waals surface area contributed by atoms with Gasteiger partial charge in [-0.1, -0.05) is 22.9 Å². The molecule has 2 atom stereocenters. The smallest absolute Gasteiger partial charge is 0.247 e. The predicted octanol–water partition coefficient (Wildman–Crippen LogP) is 4.46. The first-order chi connectivity index (χ1) is 17.3. The second-order valence-electron chi connectivity index (χ2n) is 8.74. The van der Waals surface area contributed by atoms with Crippen LogP contribution in [-0.4, -0.2) is 62.6 Å². The number of rotatable bonds is 7. The molecule has 0 N–H and O–H groups in total. The molecule has 2 aliphatic rings. The second-order valence-corrected chi connectivity index (χ2v) is 12.0. The SMILES string of the molecule is COc1ccc(Cl)c2sc(N(CC3CCCO3)C(=O)C3CCCN3S(=O)(=O)c3ccc(F)cc3)nc12. The Labute approximate surface area is 217 Å². The van der Waals surface area contributed by atoms with Gasteiger partial charge in [0.05, 0.1) is 34.4 Å². The zero-order valence-electron chi connectivity index (χ0n) is 19.5. The first-order valence-corrected chi connectivity index (χ1v) is 14.3. The third-order valence-electron chi connectivity index (χ3n) is 6.48. The van der Waals surface area contributed by atoms with Crippen molar-refractivity contribution in [2.24, 2.45) is 0 Å². The van der Waals surface area contributed by atoms with Crippen molar-refractivity contribution in [2.75, 3.05) is 31.7 Å². The van der Waals surface area contributed by atoms with E-state index in [1.54, 1.807) is 12.1 Å². The largest absolute Gasteiger partial charge is 0.494 e. The number of carbonyl (C=O) groups excluding carboxylic acids is 1. The van der Waals surface area contributed by atoms with Gasteiger partial charge in [0.15, 0.2) is 5.13 Å². The van der Waals surface area contributed by atoms with E-state index in [0.717, 1.165) is 25.0 Å². The van der Waals surface area contributed by atoms with E-state index < -0.39 is 21.9 Å². The molecule has 0 radical (unpaired) electrons. The first-order valence-electron chi connectivity index (χ1n) is 11.6. The molecule has 3 heterocycles. The number of ether oxygens (including phenoxy) is 2. The maximum Gasteiger partial charge on any atom is 0.247 e. The molecule has 2 aromatic carbocycles. The summed E-state index contributed by atoms with van der Waals surface area (Å²) in [5.41, 5.74) is 0.539. The second kappa shape index (κ2) is 10.2. The summed E-state index contributed by atoms with van der Waals surface area (Å²) < 4.78 is 53.3. The predicted molar refractivity (Wildman–Crippen MR) is 136 cm³/mol. The lowest BCUT2D eigenvalue weighted by Gasteiger charge is -2.29. The molecule has 8 nitrogen and oxygen atoms in total. The third kappa shape index (κ3) is 4.70. The number of hydrogen-bond donors (Lipinski definition) is 0. The molecule has 0 spiro atoms. The molecule has 2 fully saturated rings. The molecule has 2 unspecified atom stereocenters. The Morgan fingerprint density at radius 3 is 2.72 bits per heavy atom. The fraction of sp³-hybridized carbons (Fsp3) is 0.417. The van der Waals surface area contributed by atoms with Crippen molar-refractivity contribution in [3.63, 3.8) is 0 Å². The summed E-state index contributed by atoms with van der Waals surface area (Å²) in [4.78, 5) is 20.2. The van der Waals surface area contributed by atoms with Crippen LogP contribution in [0.15, 0.2) is 41.3 Å². The number of hydrogen-bond acceptors (Lipinski definition) is 7. The third-order valence-corrected chi connectivity index (χ3v) is 9.94. The van der Waals surface area contributed by atoms with E-state index >= 15 is 0 Å². The van der Waals surface area contributed by atoms with E-state index in [1.807, 2.05) is 0 Å². The number of aromatic nitrogens is 1. The zero-order valence-corrected chi connectivity index (χ0v) is 21.9. The van der Waals surface area contributed by atoms with Gasteiger partial charge in [-0.05, 0) is 62.1 Å². The highest BCUT2D eigenvalue weighted by molar-refractivity contribution is 7.89. The Morgan fingerprint density at radius 1 is 1.25 bits per heavy atom. The molecule has 3 aromatic rings. The molecule has 12 heteroatoms. The maximum absolute atomic E-state index is 14.0. The van der Waals surface area contributed by atoms with Crippen LogP contribution in [0.4, 0.5) is 9.52 Å². The van der Waals surface area contributed by atoms with E-state index in [9.17, 15) is 17.6 Å². The molecule has 0 bridgehead atoms. The van der Waals surface area contributed by atoms with Gasteiger partial charge in [0.1, 0.15) is 23.1 Å². The molecule has 192 valence electrons. The lowest BCUT2D eigenvalue weighted by atomic mass is 10.2. The Morgan fingerprint density at radius 2 is 2.03 bits per heavy atom. The summed E-state index contributed by atoms with van der Waals surface area (Å²) in [6, 6.07) is 7.15. The highest BCUT2D eigenvalue weighted by atomic mass is 35.5. The van der Waals surface area contributed by atoms with Crippen molar-refractivity contribution < 1.29 is 27.1 Å². The molecular weight excluding hydrogens is 529 g/mol. The van der Waals surface area contributed by atoms with Crippen LogP contribution in [0, 0.1) is 5.82 Å². The van der Waals surface area contributed by atoms with Crippen LogP contribution >= 0.6 is 22.9 Å². The van der Waals surface area contributed by atoms with Gasteiger partial charge in [-0.3, -0.25) is 9.69 Å². The number of halogens is 2. The van der Waals surface area contributed by atoms with Gasteiger partial charge in [-0.15, -0.1) is 0 Å². The van der Waals surface area contributed by atoms with E-state index in [1.165, 1.54) is 39.8 Å². The van der Waals surface area contributed by atoms with Crippen LogP contribution in [0.25, 0.3) is 10.2 Å². The summed E-state index contributed by atoms with van der Waals surface area (Å²) in [6.07, 6.45) is 2.41. The van der Waals surface area contributed by atoms with E-state index in [4.69, 9.17) is 21.1 Å². The monoisotopic (exact) mass is 553 g/mol. The minimum Gasteiger partial charge on any atom is -0.494 e. The molecule has 2 saturated heterocycles. The van der Waals surface area contributed by atoms with Crippen LogP contribution in [0.2, 0.25) is 5.02 Å². The fourth-order valence-electron chi connectivity index (χ4n) is 4.67. The number of anilines is 1. The molecule has 5 rings (SSSR count). The number of methoxy groups -OCH3 is 1.